The molecule has 1 amide bonds. The van der Waals surface area contributed by atoms with Crippen molar-refractivity contribution in [1.82, 2.24) is 9.88 Å². The van der Waals surface area contributed by atoms with Crippen molar-refractivity contribution in [2.24, 2.45) is 0 Å². The van der Waals surface area contributed by atoms with Crippen LogP contribution in [0.3, 0.4) is 0 Å². The molecule has 0 aliphatic carbocycles. The van der Waals surface area contributed by atoms with Gasteiger partial charge in [0.25, 0.3) is 0 Å². The first-order chi connectivity index (χ1) is 17.4. The van der Waals surface area contributed by atoms with E-state index in [2.05, 4.69) is 4.98 Å². The Morgan fingerprint density at radius 1 is 1.17 bits per heavy atom. The van der Waals surface area contributed by atoms with Gasteiger partial charge < -0.3 is 19.5 Å². The number of ether oxygens (including phenoxy) is 2. The number of aliphatic hydroxyl groups excluding tert-OH is 1. The number of aromatic nitrogens is 1. The van der Waals surface area contributed by atoms with E-state index >= 15 is 0 Å². The average Bonchev–Trinajstić information content (AvgIpc) is 2.91. The lowest BCUT2D eigenvalue weighted by Gasteiger charge is -2.43. The average molecular weight is 493 g/mol. The SMILES string of the molecule is COC(=O)c1cncc(-c2ccc([C@H](C)N3CC[C@](CCCO)(c4ccc(F)cc4)OC3=O)cc2)c1. The van der Waals surface area contributed by atoms with Gasteiger partial charge in [-0.15, -0.1) is 0 Å². The molecular weight excluding hydrogens is 463 g/mol. The highest BCUT2D eigenvalue weighted by atomic mass is 19.1. The Balaban J connectivity index is 1.50. The predicted molar refractivity (Wildman–Crippen MR) is 132 cm³/mol. The Hall–Kier alpha value is -3.78. The van der Waals surface area contributed by atoms with E-state index in [4.69, 9.17) is 9.47 Å². The van der Waals surface area contributed by atoms with E-state index in [1.165, 1.54) is 25.4 Å². The molecular formula is C28H29FN2O5. The number of hydrogen-bond donors (Lipinski definition) is 1. The molecule has 0 saturated carbocycles. The van der Waals surface area contributed by atoms with E-state index in [9.17, 15) is 19.1 Å². The van der Waals surface area contributed by atoms with Gasteiger partial charge in [-0.25, -0.2) is 14.0 Å². The van der Waals surface area contributed by atoms with Crippen LogP contribution in [0.2, 0.25) is 0 Å². The lowest BCUT2D eigenvalue weighted by atomic mass is 9.84. The number of cyclic esters (lactones) is 1. The standard InChI is InChI=1S/C28H29FN2O5/c1-19(20-4-6-21(7-5-20)22-16-23(18-30-17-22)26(33)35-2)31-14-13-28(12-3-15-32,36-27(31)34)24-8-10-25(29)11-9-24/h4-11,16-19,32H,3,12-15H2,1-2H3/t19-,28+/m0/s1. The molecule has 1 aliphatic heterocycles. The number of halogens is 1. The number of esters is 1. The third kappa shape index (κ3) is 5.23. The summed E-state index contributed by atoms with van der Waals surface area (Å²) in [5.74, 6) is -0.807. The number of rotatable bonds is 8. The molecule has 4 rings (SSSR count). The summed E-state index contributed by atoms with van der Waals surface area (Å²) in [6.45, 7) is 2.37. The largest absolute Gasteiger partial charge is 0.465 e. The quantitative estimate of drug-likeness (QED) is 0.433. The summed E-state index contributed by atoms with van der Waals surface area (Å²) in [5.41, 5.74) is 2.79. The van der Waals surface area contributed by atoms with E-state index in [1.54, 1.807) is 29.3 Å². The van der Waals surface area contributed by atoms with Gasteiger partial charge >= 0.3 is 12.1 Å². The number of nitrogens with zero attached hydrogens (tertiary/aromatic N) is 2. The number of amides is 1. The predicted octanol–water partition coefficient (Wildman–Crippen LogP) is 5.25. The van der Waals surface area contributed by atoms with Crippen molar-refractivity contribution in [3.05, 3.63) is 89.5 Å². The van der Waals surface area contributed by atoms with Crippen LogP contribution in [0.4, 0.5) is 9.18 Å². The molecule has 1 fully saturated rings. The maximum Gasteiger partial charge on any atom is 0.411 e. The second kappa shape index (κ2) is 10.9. The molecule has 8 heteroatoms. The monoisotopic (exact) mass is 492 g/mol. The molecule has 2 atom stereocenters. The van der Waals surface area contributed by atoms with Crippen LogP contribution in [-0.2, 0) is 15.1 Å². The van der Waals surface area contributed by atoms with Gasteiger partial charge in [0.05, 0.1) is 18.7 Å². The van der Waals surface area contributed by atoms with Crippen LogP contribution in [0.15, 0.2) is 67.0 Å². The summed E-state index contributed by atoms with van der Waals surface area (Å²) >= 11 is 0. The molecule has 1 aromatic heterocycles. The highest BCUT2D eigenvalue weighted by Gasteiger charge is 2.43. The minimum absolute atomic E-state index is 0.0228. The Kier molecular flexibility index (Phi) is 7.64. The molecule has 2 aromatic carbocycles. The van der Waals surface area contributed by atoms with Crippen LogP contribution >= 0.6 is 0 Å². The molecule has 2 heterocycles. The van der Waals surface area contributed by atoms with E-state index in [-0.39, 0.29) is 18.5 Å². The Morgan fingerprint density at radius 2 is 1.89 bits per heavy atom. The number of carbonyl (C=O) groups is 2. The number of benzene rings is 2. The summed E-state index contributed by atoms with van der Waals surface area (Å²) in [6, 6.07) is 15.2. The van der Waals surface area contributed by atoms with Crippen LogP contribution < -0.4 is 0 Å². The summed E-state index contributed by atoms with van der Waals surface area (Å²) in [4.78, 5) is 30.8. The maximum atomic E-state index is 13.5. The molecule has 0 radical (unpaired) electrons. The number of hydrogen-bond acceptors (Lipinski definition) is 6. The third-order valence-corrected chi connectivity index (χ3v) is 6.74. The Labute approximate surface area is 209 Å². The third-order valence-electron chi connectivity index (χ3n) is 6.74. The van der Waals surface area contributed by atoms with E-state index in [1.807, 2.05) is 31.2 Å². The topological polar surface area (TPSA) is 89.0 Å². The summed E-state index contributed by atoms with van der Waals surface area (Å²) in [7, 11) is 1.33. The molecule has 36 heavy (non-hydrogen) atoms. The van der Waals surface area contributed by atoms with Crippen molar-refractivity contribution in [1.29, 1.82) is 0 Å². The van der Waals surface area contributed by atoms with Gasteiger partial charge in [-0.1, -0.05) is 36.4 Å². The van der Waals surface area contributed by atoms with E-state index in [0.29, 0.717) is 31.4 Å². The van der Waals surface area contributed by atoms with Crippen LogP contribution in [0.5, 0.6) is 0 Å². The van der Waals surface area contributed by atoms with Crippen molar-refractivity contribution in [3.63, 3.8) is 0 Å². The van der Waals surface area contributed by atoms with Crippen LogP contribution in [-0.4, -0.2) is 47.3 Å². The number of aliphatic hydroxyl groups is 1. The molecule has 188 valence electrons. The molecule has 0 unspecified atom stereocenters. The van der Waals surface area contributed by atoms with Gasteiger partial charge in [0.15, 0.2) is 0 Å². The second-order valence-corrected chi connectivity index (χ2v) is 8.89. The van der Waals surface area contributed by atoms with Gasteiger partial charge in [-0.3, -0.25) is 4.98 Å². The van der Waals surface area contributed by atoms with Gasteiger partial charge in [0.1, 0.15) is 11.4 Å². The first-order valence-corrected chi connectivity index (χ1v) is 11.9. The number of pyridine rings is 1. The molecule has 3 aromatic rings. The first-order valence-electron chi connectivity index (χ1n) is 11.9. The van der Waals surface area contributed by atoms with Crippen LogP contribution in [0.1, 0.15) is 53.7 Å². The van der Waals surface area contributed by atoms with Crippen molar-refractivity contribution in [3.8, 4) is 11.1 Å². The minimum Gasteiger partial charge on any atom is -0.465 e. The van der Waals surface area contributed by atoms with Crippen molar-refractivity contribution < 1.29 is 28.6 Å². The fourth-order valence-electron chi connectivity index (χ4n) is 4.62. The number of methoxy groups -OCH3 is 1. The van der Waals surface area contributed by atoms with E-state index in [0.717, 1.165) is 22.3 Å². The minimum atomic E-state index is -0.898. The van der Waals surface area contributed by atoms with Gasteiger partial charge in [0.2, 0.25) is 0 Å². The second-order valence-electron chi connectivity index (χ2n) is 8.89. The smallest absolute Gasteiger partial charge is 0.411 e. The highest BCUT2D eigenvalue weighted by Crippen LogP contribution is 2.40. The fraction of sp³-hybridized carbons (Fsp3) is 0.321. The van der Waals surface area contributed by atoms with Crippen molar-refractivity contribution in [2.75, 3.05) is 20.3 Å². The number of carbonyl (C=O) groups excluding carboxylic acids is 2. The lowest BCUT2D eigenvalue weighted by molar-refractivity contribution is -0.0680. The summed E-state index contributed by atoms with van der Waals surface area (Å²) in [5, 5.41) is 9.38. The zero-order valence-electron chi connectivity index (χ0n) is 20.3. The first kappa shape index (κ1) is 25.3. The molecule has 1 saturated heterocycles. The van der Waals surface area contributed by atoms with Crippen molar-refractivity contribution >= 4 is 12.1 Å². The lowest BCUT2D eigenvalue weighted by Crippen LogP contribution is -2.48. The van der Waals surface area contributed by atoms with Gasteiger partial charge in [0, 0.05) is 37.5 Å². The summed E-state index contributed by atoms with van der Waals surface area (Å²) in [6.07, 6.45) is 4.13. The molecule has 1 aliphatic rings. The van der Waals surface area contributed by atoms with Gasteiger partial charge in [-0.2, -0.15) is 0 Å². The van der Waals surface area contributed by atoms with E-state index < -0.39 is 17.7 Å². The molecule has 7 nitrogen and oxygen atoms in total. The van der Waals surface area contributed by atoms with Crippen molar-refractivity contribution in [2.45, 2.75) is 37.8 Å². The highest BCUT2D eigenvalue weighted by molar-refractivity contribution is 5.90. The van der Waals surface area contributed by atoms with Crippen LogP contribution in [0.25, 0.3) is 11.1 Å². The van der Waals surface area contributed by atoms with Gasteiger partial charge in [-0.05, 0) is 54.7 Å². The zero-order chi connectivity index (χ0) is 25.7. The zero-order valence-corrected chi connectivity index (χ0v) is 20.3. The Bertz CT molecular complexity index is 1220. The normalized spacial score (nSPS) is 18.4. The fourth-order valence-corrected chi connectivity index (χ4v) is 4.62. The summed E-state index contributed by atoms with van der Waals surface area (Å²) < 4.78 is 24.3. The molecule has 0 spiro atoms. The van der Waals surface area contributed by atoms with Crippen LogP contribution in [0, 0.1) is 5.82 Å². The molecule has 0 bridgehead atoms. The Morgan fingerprint density at radius 3 is 2.53 bits per heavy atom. The maximum absolute atomic E-state index is 13.5. The molecule has 1 N–H and O–H groups in total.